The van der Waals surface area contributed by atoms with E-state index in [1.807, 2.05) is 19.1 Å². The van der Waals surface area contributed by atoms with Crippen LogP contribution in [0.5, 0.6) is 0 Å². The maximum atomic E-state index is 4.36. The summed E-state index contributed by atoms with van der Waals surface area (Å²) in [4.78, 5) is 7.55. The van der Waals surface area contributed by atoms with Crippen molar-refractivity contribution in [3.63, 3.8) is 0 Å². The van der Waals surface area contributed by atoms with Crippen LogP contribution in [-0.4, -0.2) is 9.97 Å². The Morgan fingerprint density at radius 3 is 2.46 bits per heavy atom. The SMILES string of the molecule is Cc1nc2c(C)cccc2[nH]1.Cl.Cl. The Kier molecular flexibility index (Phi) is 4.24. The van der Waals surface area contributed by atoms with Crippen LogP contribution in [0.3, 0.4) is 0 Å². The second kappa shape index (κ2) is 4.49. The number of aromatic amines is 1. The second-order valence-electron chi connectivity index (χ2n) is 2.79. The van der Waals surface area contributed by atoms with Gasteiger partial charge in [-0.2, -0.15) is 0 Å². The first-order chi connectivity index (χ1) is 5.27. The molecule has 0 aliphatic heterocycles. The van der Waals surface area contributed by atoms with Crippen molar-refractivity contribution in [3.05, 3.63) is 29.6 Å². The lowest BCUT2D eigenvalue weighted by molar-refractivity contribution is 1.17. The highest BCUT2D eigenvalue weighted by Gasteiger charge is 1.99. The number of H-pyrrole nitrogens is 1. The lowest BCUT2D eigenvalue weighted by Gasteiger charge is -1.90. The molecular weight excluding hydrogens is 207 g/mol. The number of aromatic nitrogens is 2. The Morgan fingerprint density at radius 1 is 1.15 bits per heavy atom. The second-order valence-corrected chi connectivity index (χ2v) is 2.79. The number of nitrogens with one attached hydrogen (secondary N) is 1. The summed E-state index contributed by atoms with van der Waals surface area (Å²) in [6, 6.07) is 6.15. The van der Waals surface area contributed by atoms with Crippen LogP contribution in [-0.2, 0) is 0 Å². The molecule has 2 aromatic rings. The quantitative estimate of drug-likeness (QED) is 0.724. The first-order valence-electron chi connectivity index (χ1n) is 3.69. The summed E-state index contributed by atoms with van der Waals surface area (Å²) in [6.07, 6.45) is 0. The van der Waals surface area contributed by atoms with Gasteiger partial charge < -0.3 is 4.98 Å². The Hall–Kier alpha value is -0.730. The molecule has 0 aliphatic rings. The van der Waals surface area contributed by atoms with E-state index in [4.69, 9.17) is 0 Å². The molecule has 0 amide bonds. The van der Waals surface area contributed by atoms with Gasteiger partial charge >= 0.3 is 0 Å². The van der Waals surface area contributed by atoms with E-state index in [9.17, 15) is 0 Å². The van der Waals surface area contributed by atoms with Gasteiger partial charge in [0.05, 0.1) is 11.0 Å². The molecule has 1 aromatic heterocycles. The predicted molar refractivity (Wildman–Crippen MR) is 60.1 cm³/mol. The molecule has 72 valence electrons. The largest absolute Gasteiger partial charge is 0.342 e. The first kappa shape index (κ1) is 12.3. The van der Waals surface area contributed by atoms with Gasteiger partial charge in [-0.05, 0) is 25.5 Å². The molecule has 0 spiro atoms. The van der Waals surface area contributed by atoms with Crippen molar-refractivity contribution in [2.24, 2.45) is 0 Å². The van der Waals surface area contributed by atoms with Gasteiger partial charge in [0.15, 0.2) is 0 Å². The number of para-hydroxylation sites is 1. The fourth-order valence-corrected chi connectivity index (χ4v) is 1.30. The number of fused-ring (bicyclic) bond motifs is 1. The number of benzene rings is 1. The summed E-state index contributed by atoms with van der Waals surface area (Å²) in [6.45, 7) is 4.04. The Balaban J connectivity index is 0.000000720. The van der Waals surface area contributed by atoms with Crippen LogP contribution in [0.25, 0.3) is 11.0 Å². The average molecular weight is 219 g/mol. The normalized spacial score (nSPS) is 9.08. The summed E-state index contributed by atoms with van der Waals surface area (Å²) in [5, 5.41) is 0. The number of aryl methyl sites for hydroxylation is 2. The summed E-state index contributed by atoms with van der Waals surface area (Å²) in [7, 11) is 0. The van der Waals surface area contributed by atoms with Crippen LogP contribution < -0.4 is 0 Å². The van der Waals surface area contributed by atoms with Crippen LogP contribution in [0.4, 0.5) is 0 Å². The molecule has 4 heteroatoms. The fraction of sp³-hybridized carbons (Fsp3) is 0.222. The third-order valence-corrected chi connectivity index (χ3v) is 1.83. The molecule has 0 atom stereocenters. The van der Waals surface area contributed by atoms with Crippen molar-refractivity contribution in [1.29, 1.82) is 0 Å². The molecule has 0 saturated carbocycles. The number of hydrogen-bond acceptors (Lipinski definition) is 1. The molecule has 2 rings (SSSR count). The van der Waals surface area contributed by atoms with Gasteiger partial charge in [0.1, 0.15) is 5.82 Å². The highest BCUT2D eigenvalue weighted by Crippen LogP contribution is 2.14. The molecule has 0 bridgehead atoms. The van der Waals surface area contributed by atoms with Gasteiger partial charge in [-0.15, -0.1) is 24.8 Å². The predicted octanol–water partition coefficient (Wildman–Crippen LogP) is 3.02. The van der Waals surface area contributed by atoms with Crippen molar-refractivity contribution in [2.75, 3.05) is 0 Å². The first-order valence-corrected chi connectivity index (χ1v) is 3.69. The number of nitrogens with zero attached hydrogens (tertiary/aromatic N) is 1. The molecule has 0 fully saturated rings. The summed E-state index contributed by atoms with van der Waals surface area (Å²) >= 11 is 0. The third kappa shape index (κ3) is 2.14. The zero-order valence-electron chi connectivity index (χ0n) is 7.50. The maximum absolute atomic E-state index is 4.36. The van der Waals surface area contributed by atoms with Gasteiger partial charge in [-0.1, -0.05) is 12.1 Å². The molecular formula is C9H12Cl2N2. The summed E-state index contributed by atoms with van der Waals surface area (Å²) < 4.78 is 0. The Morgan fingerprint density at radius 2 is 1.85 bits per heavy atom. The van der Waals surface area contributed by atoms with E-state index >= 15 is 0 Å². The van der Waals surface area contributed by atoms with Crippen LogP contribution in [0.1, 0.15) is 11.4 Å². The molecule has 0 radical (unpaired) electrons. The van der Waals surface area contributed by atoms with Gasteiger partial charge in [0.25, 0.3) is 0 Å². The zero-order chi connectivity index (χ0) is 7.84. The number of rotatable bonds is 0. The van der Waals surface area contributed by atoms with Crippen molar-refractivity contribution < 1.29 is 0 Å². The third-order valence-electron chi connectivity index (χ3n) is 1.83. The molecule has 1 N–H and O–H groups in total. The number of hydrogen-bond donors (Lipinski definition) is 1. The highest BCUT2D eigenvalue weighted by molar-refractivity contribution is 5.85. The molecule has 2 nitrogen and oxygen atoms in total. The smallest absolute Gasteiger partial charge is 0.104 e. The molecule has 13 heavy (non-hydrogen) atoms. The molecule has 0 saturated heterocycles. The van der Waals surface area contributed by atoms with Crippen molar-refractivity contribution >= 4 is 35.8 Å². The summed E-state index contributed by atoms with van der Waals surface area (Å²) in [5.41, 5.74) is 3.44. The zero-order valence-corrected chi connectivity index (χ0v) is 9.13. The van der Waals surface area contributed by atoms with Crippen molar-refractivity contribution in [1.82, 2.24) is 9.97 Å². The molecule has 1 heterocycles. The van der Waals surface area contributed by atoms with Crippen LogP contribution >= 0.6 is 24.8 Å². The molecule has 0 unspecified atom stereocenters. The van der Waals surface area contributed by atoms with Gasteiger partial charge in [0.2, 0.25) is 0 Å². The van der Waals surface area contributed by atoms with Gasteiger partial charge in [-0.3, -0.25) is 0 Å². The highest BCUT2D eigenvalue weighted by atomic mass is 35.5. The topological polar surface area (TPSA) is 28.7 Å². The van der Waals surface area contributed by atoms with E-state index in [-0.39, 0.29) is 24.8 Å². The lowest BCUT2D eigenvalue weighted by atomic mass is 10.2. The average Bonchev–Trinajstić information content (AvgIpc) is 2.31. The van der Waals surface area contributed by atoms with Crippen LogP contribution in [0.15, 0.2) is 18.2 Å². The minimum atomic E-state index is 0. The number of halogens is 2. The van der Waals surface area contributed by atoms with Gasteiger partial charge in [0, 0.05) is 0 Å². The van der Waals surface area contributed by atoms with E-state index in [0.29, 0.717) is 0 Å². The minimum Gasteiger partial charge on any atom is -0.342 e. The van der Waals surface area contributed by atoms with Gasteiger partial charge in [-0.25, -0.2) is 4.98 Å². The van der Waals surface area contributed by atoms with E-state index in [2.05, 4.69) is 23.0 Å². The lowest BCUT2D eigenvalue weighted by Crippen LogP contribution is -1.74. The maximum Gasteiger partial charge on any atom is 0.104 e. The van der Waals surface area contributed by atoms with E-state index in [1.165, 1.54) is 5.56 Å². The van der Waals surface area contributed by atoms with E-state index in [1.54, 1.807) is 0 Å². The monoisotopic (exact) mass is 218 g/mol. The van der Waals surface area contributed by atoms with E-state index in [0.717, 1.165) is 16.9 Å². The molecule has 1 aromatic carbocycles. The van der Waals surface area contributed by atoms with Crippen molar-refractivity contribution in [2.45, 2.75) is 13.8 Å². The fourth-order valence-electron chi connectivity index (χ4n) is 1.30. The Labute approximate surface area is 89.6 Å². The Bertz CT molecular complexity index is 395. The number of imidazole rings is 1. The van der Waals surface area contributed by atoms with Crippen LogP contribution in [0.2, 0.25) is 0 Å². The molecule has 0 aliphatic carbocycles. The standard InChI is InChI=1S/C9H10N2.2ClH/c1-6-4-3-5-8-9(6)11-7(2)10-8;;/h3-5H,1-2H3,(H,10,11);2*1H. The van der Waals surface area contributed by atoms with Crippen molar-refractivity contribution in [3.8, 4) is 0 Å². The van der Waals surface area contributed by atoms with E-state index < -0.39 is 0 Å². The van der Waals surface area contributed by atoms with Crippen LogP contribution in [0, 0.1) is 13.8 Å². The minimum absolute atomic E-state index is 0. The summed E-state index contributed by atoms with van der Waals surface area (Å²) in [5.74, 6) is 0.981.